The molecule has 0 fully saturated rings. The van der Waals surface area contributed by atoms with Gasteiger partial charge in [0.05, 0.1) is 6.04 Å². The second-order valence-corrected chi connectivity index (χ2v) is 4.49. The third kappa shape index (κ3) is 2.82. The first-order chi connectivity index (χ1) is 9.15. The zero-order valence-electron chi connectivity index (χ0n) is 11.1. The minimum atomic E-state index is -0.811. The lowest BCUT2D eigenvalue weighted by Gasteiger charge is -2.21. The summed E-state index contributed by atoms with van der Waals surface area (Å²) in [5.41, 5.74) is 2.36. The van der Waals surface area contributed by atoms with Gasteiger partial charge in [-0.15, -0.1) is 0 Å². The van der Waals surface area contributed by atoms with Crippen molar-refractivity contribution in [1.82, 2.24) is 5.32 Å². The Morgan fingerprint density at radius 2 is 1.68 bits per heavy atom. The molecule has 0 aliphatic carbocycles. The van der Waals surface area contributed by atoms with E-state index in [2.05, 4.69) is 5.32 Å². The fourth-order valence-electron chi connectivity index (χ4n) is 2.25. The molecule has 0 amide bonds. The molecule has 1 nitrogen and oxygen atoms in total. The van der Waals surface area contributed by atoms with E-state index < -0.39 is 11.6 Å². The lowest BCUT2D eigenvalue weighted by atomic mass is 9.94. The first kappa shape index (κ1) is 13.7. The predicted molar refractivity (Wildman–Crippen MR) is 73.1 cm³/mol. The molecule has 1 atom stereocenters. The van der Waals surface area contributed by atoms with Crippen LogP contribution < -0.4 is 5.32 Å². The van der Waals surface area contributed by atoms with Crippen molar-refractivity contribution in [2.75, 3.05) is 6.54 Å². The molecule has 0 bridgehead atoms. The van der Waals surface area contributed by atoms with Gasteiger partial charge in [-0.1, -0.05) is 43.3 Å². The lowest BCUT2D eigenvalue weighted by molar-refractivity contribution is 0.482. The second-order valence-electron chi connectivity index (χ2n) is 4.49. The van der Waals surface area contributed by atoms with Crippen molar-refractivity contribution in [2.45, 2.75) is 19.9 Å². The zero-order chi connectivity index (χ0) is 13.8. The molecule has 0 saturated carbocycles. The Bertz CT molecular complexity index is 566. The molecule has 0 heterocycles. The summed E-state index contributed by atoms with van der Waals surface area (Å²) in [7, 11) is 0. The Hall–Kier alpha value is -1.74. The number of aryl methyl sites for hydroxylation is 1. The predicted octanol–water partition coefficient (Wildman–Crippen LogP) is 3.97. The Kier molecular flexibility index (Phi) is 4.27. The maximum Gasteiger partial charge on any atom is 0.163 e. The number of benzene rings is 2. The van der Waals surface area contributed by atoms with Crippen molar-refractivity contribution in [3.63, 3.8) is 0 Å². The molecule has 1 unspecified atom stereocenters. The summed E-state index contributed by atoms with van der Waals surface area (Å²) in [5.74, 6) is -1.59. The first-order valence-electron chi connectivity index (χ1n) is 6.38. The molecule has 2 rings (SSSR count). The van der Waals surface area contributed by atoms with Gasteiger partial charge >= 0.3 is 0 Å². The third-order valence-electron chi connectivity index (χ3n) is 3.20. The number of hydrogen-bond acceptors (Lipinski definition) is 1. The van der Waals surface area contributed by atoms with Crippen LogP contribution in [0, 0.1) is 18.6 Å². The summed E-state index contributed by atoms with van der Waals surface area (Å²) in [5, 5.41) is 3.22. The monoisotopic (exact) mass is 261 g/mol. The number of rotatable bonds is 4. The first-order valence-corrected chi connectivity index (χ1v) is 6.38. The number of hydrogen-bond donors (Lipinski definition) is 1. The van der Waals surface area contributed by atoms with Gasteiger partial charge in [0.15, 0.2) is 11.6 Å². The highest BCUT2D eigenvalue weighted by Gasteiger charge is 2.20. The molecular weight excluding hydrogens is 244 g/mol. The van der Waals surface area contributed by atoms with Crippen molar-refractivity contribution < 1.29 is 8.78 Å². The average Bonchev–Trinajstić information content (AvgIpc) is 2.41. The molecule has 0 radical (unpaired) electrons. The SMILES string of the molecule is CCNC(c1ccccc1C)c1cccc(F)c1F. The van der Waals surface area contributed by atoms with Crippen LogP contribution in [-0.2, 0) is 0 Å². The summed E-state index contributed by atoms with van der Waals surface area (Å²) in [6, 6.07) is 11.7. The van der Waals surface area contributed by atoms with Crippen molar-refractivity contribution in [3.05, 3.63) is 70.8 Å². The summed E-state index contributed by atoms with van der Waals surface area (Å²) in [6.07, 6.45) is 0. The van der Waals surface area contributed by atoms with Crippen LogP contribution in [0.4, 0.5) is 8.78 Å². The Morgan fingerprint density at radius 3 is 2.37 bits per heavy atom. The van der Waals surface area contributed by atoms with E-state index in [-0.39, 0.29) is 6.04 Å². The lowest BCUT2D eigenvalue weighted by Crippen LogP contribution is -2.24. The minimum absolute atomic E-state index is 0.332. The van der Waals surface area contributed by atoms with E-state index in [0.717, 1.165) is 17.2 Å². The Balaban J connectivity index is 2.52. The molecule has 0 aliphatic heterocycles. The molecule has 19 heavy (non-hydrogen) atoms. The maximum absolute atomic E-state index is 14.0. The van der Waals surface area contributed by atoms with E-state index in [0.29, 0.717) is 12.1 Å². The highest BCUT2D eigenvalue weighted by molar-refractivity contribution is 5.37. The molecule has 0 aromatic heterocycles. The van der Waals surface area contributed by atoms with Crippen LogP contribution >= 0.6 is 0 Å². The topological polar surface area (TPSA) is 12.0 Å². The molecule has 100 valence electrons. The van der Waals surface area contributed by atoms with Gasteiger partial charge in [0.25, 0.3) is 0 Å². The minimum Gasteiger partial charge on any atom is -0.306 e. The van der Waals surface area contributed by atoms with Gasteiger partial charge < -0.3 is 5.32 Å². The molecular formula is C16H17F2N. The molecule has 2 aromatic carbocycles. The summed E-state index contributed by atoms with van der Waals surface area (Å²) in [6.45, 7) is 4.59. The summed E-state index contributed by atoms with van der Waals surface area (Å²) >= 11 is 0. The molecule has 0 aliphatic rings. The molecule has 0 saturated heterocycles. The van der Waals surface area contributed by atoms with Crippen LogP contribution in [-0.4, -0.2) is 6.54 Å². The summed E-state index contributed by atoms with van der Waals surface area (Å²) in [4.78, 5) is 0. The Morgan fingerprint density at radius 1 is 1.00 bits per heavy atom. The van der Waals surface area contributed by atoms with Crippen LogP contribution in [0.2, 0.25) is 0 Å². The Labute approximate surface area is 112 Å². The van der Waals surface area contributed by atoms with Gasteiger partial charge in [0, 0.05) is 5.56 Å². The van der Waals surface area contributed by atoms with E-state index in [9.17, 15) is 8.78 Å². The molecule has 0 spiro atoms. The fourth-order valence-corrected chi connectivity index (χ4v) is 2.25. The van der Waals surface area contributed by atoms with Crippen LogP contribution in [0.1, 0.15) is 29.7 Å². The van der Waals surface area contributed by atoms with Gasteiger partial charge in [-0.25, -0.2) is 8.78 Å². The van der Waals surface area contributed by atoms with E-state index in [4.69, 9.17) is 0 Å². The smallest absolute Gasteiger partial charge is 0.163 e. The molecule has 3 heteroatoms. The summed E-state index contributed by atoms with van der Waals surface area (Å²) < 4.78 is 27.4. The maximum atomic E-state index is 14.0. The van der Waals surface area contributed by atoms with Crippen LogP contribution in [0.15, 0.2) is 42.5 Å². The largest absolute Gasteiger partial charge is 0.306 e. The van der Waals surface area contributed by atoms with E-state index in [1.54, 1.807) is 6.07 Å². The third-order valence-corrected chi connectivity index (χ3v) is 3.20. The highest BCUT2D eigenvalue weighted by atomic mass is 19.2. The van der Waals surface area contributed by atoms with Crippen molar-refractivity contribution in [2.24, 2.45) is 0 Å². The van der Waals surface area contributed by atoms with Crippen LogP contribution in [0.25, 0.3) is 0 Å². The van der Waals surface area contributed by atoms with Gasteiger partial charge in [-0.2, -0.15) is 0 Å². The van der Waals surface area contributed by atoms with Crippen LogP contribution in [0.5, 0.6) is 0 Å². The van der Waals surface area contributed by atoms with Gasteiger partial charge in [-0.05, 0) is 30.7 Å². The van der Waals surface area contributed by atoms with E-state index in [1.807, 2.05) is 38.1 Å². The molecule has 1 N–H and O–H groups in total. The number of halogens is 2. The van der Waals surface area contributed by atoms with Gasteiger partial charge in [-0.3, -0.25) is 0 Å². The van der Waals surface area contributed by atoms with Crippen molar-refractivity contribution in [1.29, 1.82) is 0 Å². The zero-order valence-corrected chi connectivity index (χ0v) is 11.1. The fraction of sp³-hybridized carbons (Fsp3) is 0.250. The van der Waals surface area contributed by atoms with Gasteiger partial charge in [0.1, 0.15) is 0 Å². The van der Waals surface area contributed by atoms with Crippen LogP contribution in [0.3, 0.4) is 0 Å². The highest BCUT2D eigenvalue weighted by Crippen LogP contribution is 2.27. The van der Waals surface area contributed by atoms with Crippen molar-refractivity contribution >= 4 is 0 Å². The second kappa shape index (κ2) is 5.93. The normalized spacial score (nSPS) is 12.4. The standard InChI is InChI=1S/C16H17F2N/c1-3-19-16(12-8-5-4-7-11(12)2)13-9-6-10-14(17)15(13)18/h4-10,16,19H,3H2,1-2H3. The average molecular weight is 261 g/mol. The molecule has 2 aromatic rings. The van der Waals surface area contributed by atoms with Gasteiger partial charge in [0.2, 0.25) is 0 Å². The number of nitrogens with one attached hydrogen (secondary N) is 1. The quantitative estimate of drug-likeness (QED) is 0.878. The van der Waals surface area contributed by atoms with Crippen molar-refractivity contribution in [3.8, 4) is 0 Å². The van der Waals surface area contributed by atoms with E-state index in [1.165, 1.54) is 6.07 Å². The van der Waals surface area contributed by atoms with E-state index >= 15 is 0 Å².